The summed E-state index contributed by atoms with van der Waals surface area (Å²) in [6, 6.07) is 4.95. The van der Waals surface area contributed by atoms with E-state index in [9.17, 15) is 15.2 Å². The molecule has 0 bridgehead atoms. The van der Waals surface area contributed by atoms with Gasteiger partial charge in [-0.2, -0.15) is 0 Å². The summed E-state index contributed by atoms with van der Waals surface area (Å²) in [6.07, 6.45) is -0.567. The summed E-state index contributed by atoms with van der Waals surface area (Å²) < 4.78 is 0. The van der Waals surface area contributed by atoms with Crippen molar-refractivity contribution in [2.75, 3.05) is 5.32 Å². The molecular formula is C12H18N2O3. The van der Waals surface area contributed by atoms with Gasteiger partial charge in [0, 0.05) is 17.3 Å². The lowest BCUT2D eigenvalue weighted by Crippen LogP contribution is -2.41. The Bertz CT molecular complexity index is 428. The quantitative estimate of drug-likeness (QED) is 0.624. The first-order valence-electron chi connectivity index (χ1n) is 5.45. The van der Waals surface area contributed by atoms with E-state index in [4.69, 9.17) is 0 Å². The first kappa shape index (κ1) is 13.4. The van der Waals surface area contributed by atoms with Gasteiger partial charge in [0.1, 0.15) is 0 Å². The van der Waals surface area contributed by atoms with Crippen LogP contribution in [0.1, 0.15) is 26.3 Å². The van der Waals surface area contributed by atoms with E-state index in [-0.39, 0.29) is 5.69 Å². The van der Waals surface area contributed by atoms with E-state index < -0.39 is 16.6 Å². The maximum Gasteiger partial charge on any atom is 0.274 e. The van der Waals surface area contributed by atoms with Crippen LogP contribution in [0, 0.1) is 17.0 Å². The average Bonchev–Trinajstić information content (AvgIpc) is 2.20. The third-order valence-electron chi connectivity index (χ3n) is 2.92. The summed E-state index contributed by atoms with van der Waals surface area (Å²) in [5.41, 5.74) is 0.795. The van der Waals surface area contributed by atoms with Crippen LogP contribution in [0.2, 0.25) is 0 Å². The summed E-state index contributed by atoms with van der Waals surface area (Å²) >= 11 is 0. The fourth-order valence-electron chi connectivity index (χ4n) is 1.36. The zero-order chi connectivity index (χ0) is 13.2. The van der Waals surface area contributed by atoms with Crippen LogP contribution in [0.5, 0.6) is 0 Å². The summed E-state index contributed by atoms with van der Waals surface area (Å²) in [5, 5.41) is 23.5. The van der Waals surface area contributed by atoms with Crippen LogP contribution in [-0.2, 0) is 0 Å². The SMILES string of the molecule is Cc1ccc(NC(C)(C)C(C)O)cc1[N+](=O)[O-]. The number of aliphatic hydroxyl groups excluding tert-OH is 1. The molecule has 0 aliphatic heterocycles. The van der Waals surface area contributed by atoms with Crippen LogP contribution >= 0.6 is 0 Å². The second kappa shape index (κ2) is 4.71. The maximum absolute atomic E-state index is 10.8. The zero-order valence-corrected chi connectivity index (χ0v) is 10.5. The van der Waals surface area contributed by atoms with Gasteiger partial charge in [0.25, 0.3) is 5.69 Å². The van der Waals surface area contributed by atoms with Crippen molar-refractivity contribution in [1.82, 2.24) is 0 Å². The fraction of sp³-hybridized carbons (Fsp3) is 0.500. The molecule has 0 spiro atoms. The molecule has 0 amide bonds. The monoisotopic (exact) mass is 238 g/mol. The Hall–Kier alpha value is -1.62. The Kier molecular flexibility index (Phi) is 3.72. The Labute approximate surface area is 101 Å². The third kappa shape index (κ3) is 3.17. The summed E-state index contributed by atoms with van der Waals surface area (Å²) in [7, 11) is 0. The number of nitrogens with zero attached hydrogens (tertiary/aromatic N) is 1. The number of nitro groups is 1. The number of aryl methyl sites for hydroxylation is 1. The van der Waals surface area contributed by atoms with Crippen molar-refractivity contribution in [3.63, 3.8) is 0 Å². The molecule has 1 rings (SSSR count). The predicted molar refractivity (Wildman–Crippen MR) is 67.2 cm³/mol. The number of benzene rings is 1. The second-order valence-electron chi connectivity index (χ2n) is 4.78. The topological polar surface area (TPSA) is 75.4 Å². The third-order valence-corrected chi connectivity index (χ3v) is 2.92. The highest BCUT2D eigenvalue weighted by molar-refractivity contribution is 5.56. The van der Waals surface area contributed by atoms with E-state index in [1.807, 2.05) is 13.8 Å². The van der Waals surface area contributed by atoms with Crippen LogP contribution < -0.4 is 5.32 Å². The first-order valence-corrected chi connectivity index (χ1v) is 5.45. The molecule has 5 heteroatoms. The minimum Gasteiger partial charge on any atom is -0.391 e. The molecule has 0 saturated carbocycles. The molecule has 17 heavy (non-hydrogen) atoms. The maximum atomic E-state index is 10.8. The van der Waals surface area contributed by atoms with E-state index in [1.54, 1.807) is 26.0 Å². The normalized spacial score (nSPS) is 13.2. The van der Waals surface area contributed by atoms with Crippen LogP contribution in [0.4, 0.5) is 11.4 Å². The first-order chi connectivity index (χ1) is 7.74. The molecule has 94 valence electrons. The van der Waals surface area contributed by atoms with Crippen molar-refractivity contribution in [3.8, 4) is 0 Å². The van der Waals surface area contributed by atoms with E-state index in [1.165, 1.54) is 6.07 Å². The van der Waals surface area contributed by atoms with Gasteiger partial charge in [-0.3, -0.25) is 10.1 Å². The molecule has 0 aliphatic carbocycles. The van der Waals surface area contributed by atoms with E-state index in [0.717, 1.165) is 0 Å². The number of anilines is 1. The molecule has 0 aromatic heterocycles. The van der Waals surface area contributed by atoms with Gasteiger partial charge in [0.2, 0.25) is 0 Å². The minimum absolute atomic E-state index is 0.0800. The van der Waals surface area contributed by atoms with Gasteiger partial charge < -0.3 is 10.4 Å². The molecule has 0 heterocycles. The van der Waals surface area contributed by atoms with Gasteiger partial charge in [-0.05, 0) is 33.8 Å². The Morgan fingerprint density at radius 2 is 2.06 bits per heavy atom. The minimum atomic E-state index is -0.567. The van der Waals surface area contributed by atoms with Gasteiger partial charge in [0.15, 0.2) is 0 Å². The predicted octanol–water partition coefficient (Wildman–Crippen LogP) is 2.47. The number of rotatable bonds is 4. The van der Waals surface area contributed by atoms with Crippen molar-refractivity contribution in [1.29, 1.82) is 0 Å². The molecule has 1 aromatic rings. The number of nitro benzene ring substituents is 1. The van der Waals surface area contributed by atoms with Crippen molar-refractivity contribution < 1.29 is 10.0 Å². The number of hydrogen-bond acceptors (Lipinski definition) is 4. The van der Waals surface area contributed by atoms with Gasteiger partial charge in [-0.15, -0.1) is 0 Å². The highest BCUT2D eigenvalue weighted by Crippen LogP contribution is 2.25. The number of aliphatic hydroxyl groups is 1. The van der Waals surface area contributed by atoms with Crippen LogP contribution in [-0.4, -0.2) is 21.7 Å². The summed E-state index contributed by atoms with van der Waals surface area (Å²) in [6.45, 7) is 7.05. The molecule has 1 unspecified atom stereocenters. The van der Waals surface area contributed by atoms with Crippen molar-refractivity contribution in [2.24, 2.45) is 0 Å². The molecule has 1 atom stereocenters. The van der Waals surface area contributed by atoms with Gasteiger partial charge in [-0.25, -0.2) is 0 Å². The van der Waals surface area contributed by atoms with Crippen molar-refractivity contribution >= 4 is 11.4 Å². The lowest BCUT2D eigenvalue weighted by Gasteiger charge is -2.30. The summed E-state index contributed by atoms with van der Waals surface area (Å²) in [5.74, 6) is 0. The summed E-state index contributed by atoms with van der Waals surface area (Å²) in [4.78, 5) is 10.4. The van der Waals surface area contributed by atoms with E-state index in [0.29, 0.717) is 11.3 Å². The zero-order valence-electron chi connectivity index (χ0n) is 10.5. The Balaban J connectivity index is 3.01. The molecular weight excluding hydrogens is 220 g/mol. The highest BCUT2D eigenvalue weighted by Gasteiger charge is 2.24. The molecule has 0 fully saturated rings. The molecule has 0 aliphatic rings. The van der Waals surface area contributed by atoms with Crippen molar-refractivity contribution in [2.45, 2.75) is 39.3 Å². The van der Waals surface area contributed by atoms with E-state index >= 15 is 0 Å². The largest absolute Gasteiger partial charge is 0.391 e. The lowest BCUT2D eigenvalue weighted by molar-refractivity contribution is -0.385. The molecule has 0 saturated heterocycles. The molecule has 5 nitrogen and oxygen atoms in total. The molecule has 1 aromatic carbocycles. The van der Waals surface area contributed by atoms with Gasteiger partial charge in [-0.1, -0.05) is 6.07 Å². The van der Waals surface area contributed by atoms with Crippen molar-refractivity contribution in [3.05, 3.63) is 33.9 Å². The Morgan fingerprint density at radius 3 is 2.53 bits per heavy atom. The molecule has 0 radical (unpaired) electrons. The van der Waals surface area contributed by atoms with E-state index in [2.05, 4.69) is 5.32 Å². The van der Waals surface area contributed by atoms with Crippen LogP contribution in [0.25, 0.3) is 0 Å². The average molecular weight is 238 g/mol. The lowest BCUT2D eigenvalue weighted by atomic mass is 9.98. The fourth-order valence-corrected chi connectivity index (χ4v) is 1.36. The number of hydrogen-bond donors (Lipinski definition) is 2. The van der Waals surface area contributed by atoms with Gasteiger partial charge in [0.05, 0.1) is 16.6 Å². The number of nitrogens with one attached hydrogen (secondary N) is 1. The van der Waals surface area contributed by atoms with Crippen LogP contribution in [0.15, 0.2) is 18.2 Å². The smallest absolute Gasteiger partial charge is 0.274 e. The van der Waals surface area contributed by atoms with Crippen LogP contribution in [0.3, 0.4) is 0 Å². The van der Waals surface area contributed by atoms with Gasteiger partial charge >= 0.3 is 0 Å². The highest BCUT2D eigenvalue weighted by atomic mass is 16.6. The molecule has 2 N–H and O–H groups in total. The Morgan fingerprint density at radius 1 is 1.47 bits per heavy atom. The second-order valence-corrected chi connectivity index (χ2v) is 4.78. The standard InChI is InChI=1S/C12H18N2O3/c1-8-5-6-10(7-11(8)14(16)17)13-12(3,4)9(2)15/h5-7,9,13,15H,1-4H3.